The highest BCUT2D eigenvalue weighted by molar-refractivity contribution is 5.77. The van der Waals surface area contributed by atoms with E-state index in [0.717, 1.165) is 12.2 Å². The predicted molar refractivity (Wildman–Crippen MR) is 68.1 cm³/mol. The molecule has 0 atom stereocenters. The number of hydrogen-bond acceptors (Lipinski definition) is 4. The Morgan fingerprint density at radius 1 is 1.56 bits per heavy atom. The first-order valence-electron chi connectivity index (χ1n) is 6.25. The zero-order valence-corrected chi connectivity index (χ0v) is 10.6. The van der Waals surface area contributed by atoms with Crippen LogP contribution in [0.4, 0.5) is 0 Å². The van der Waals surface area contributed by atoms with Crippen LogP contribution in [0.2, 0.25) is 0 Å². The molecule has 1 saturated carbocycles. The van der Waals surface area contributed by atoms with E-state index in [4.69, 9.17) is 10.5 Å². The van der Waals surface area contributed by atoms with Gasteiger partial charge in [0.05, 0.1) is 5.69 Å². The standard InChI is InChI=1S/C13H19N3O2/c1-9-2-5-12(11(6-14)16-9)18-8-13(17)15-7-10-3-4-10/h2,5,10H,3-4,6-8,14H2,1H3,(H,15,17). The van der Waals surface area contributed by atoms with Crippen molar-refractivity contribution >= 4 is 5.91 Å². The number of ether oxygens (including phenoxy) is 1. The van der Waals surface area contributed by atoms with Gasteiger partial charge in [0.2, 0.25) is 0 Å². The summed E-state index contributed by atoms with van der Waals surface area (Å²) in [5, 5.41) is 2.85. The minimum absolute atomic E-state index is 0.0183. The second kappa shape index (κ2) is 5.82. The van der Waals surface area contributed by atoms with Gasteiger partial charge in [-0.3, -0.25) is 9.78 Å². The maximum absolute atomic E-state index is 11.5. The number of amides is 1. The predicted octanol–water partition coefficient (Wildman–Crippen LogP) is 0.754. The summed E-state index contributed by atoms with van der Waals surface area (Å²) in [5.41, 5.74) is 7.16. The maximum Gasteiger partial charge on any atom is 0.257 e. The maximum atomic E-state index is 11.5. The Bertz CT molecular complexity index is 430. The van der Waals surface area contributed by atoms with Crippen molar-refractivity contribution in [3.05, 3.63) is 23.5 Å². The van der Waals surface area contributed by atoms with Crippen LogP contribution in [0.25, 0.3) is 0 Å². The molecule has 3 N–H and O–H groups in total. The van der Waals surface area contributed by atoms with Crippen LogP contribution in [0, 0.1) is 12.8 Å². The molecule has 1 aliphatic carbocycles. The lowest BCUT2D eigenvalue weighted by molar-refractivity contribution is -0.123. The number of hydrogen-bond donors (Lipinski definition) is 2. The van der Waals surface area contributed by atoms with Crippen molar-refractivity contribution in [2.75, 3.05) is 13.2 Å². The van der Waals surface area contributed by atoms with Crippen molar-refractivity contribution in [1.29, 1.82) is 0 Å². The summed E-state index contributed by atoms with van der Waals surface area (Å²) < 4.78 is 5.44. The van der Waals surface area contributed by atoms with Crippen molar-refractivity contribution in [3.63, 3.8) is 0 Å². The monoisotopic (exact) mass is 249 g/mol. The van der Waals surface area contributed by atoms with Crippen LogP contribution in [0.3, 0.4) is 0 Å². The van der Waals surface area contributed by atoms with Gasteiger partial charge in [-0.2, -0.15) is 0 Å². The summed E-state index contributed by atoms with van der Waals surface area (Å²) in [6.45, 7) is 2.98. The van der Waals surface area contributed by atoms with E-state index in [9.17, 15) is 4.79 Å². The van der Waals surface area contributed by atoms with Gasteiger partial charge in [0.15, 0.2) is 6.61 Å². The largest absolute Gasteiger partial charge is 0.482 e. The summed E-state index contributed by atoms with van der Waals surface area (Å²) in [7, 11) is 0. The summed E-state index contributed by atoms with van der Waals surface area (Å²) in [6, 6.07) is 3.65. The second-order valence-corrected chi connectivity index (χ2v) is 4.64. The number of nitrogens with zero attached hydrogens (tertiary/aromatic N) is 1. The molecule has 0 unspecified atom stereocenters. The Labute approximate surface area is 107 Å². The van der Waals surface area contributed by atoms with Crippen LogP contribution in [0.5, 0.6) is 5.75 Å². The van der Waals surface area contributed by atoms with Crippen LogP contribution >= 0.6 is 0 Å². The van der Waals surface area contributed by atoms with Crippen molar-refractivity contribution in [1.82, 2.24) is 10.3 Å². The Balaban J connectivity index is 1.82. The number of nitrogens with one attached hydrogen (secondary N) is 1. The molecule has 1 fully saturated rings. The van der Waals surface area contributed by atoms with Gasteiger partial charge in [-0.1, -0.05) is 0 Å². The molecule has 1 heterocycles. The zero-order chi connectivity index (χ0) is 13.0. The molecule has 5 nitrogen and oxygen atoms in total. The molecule has 0 saturated heterocycles. The molecule has 0 radical (unpaired) electrons. The fourth-order valence-electron chi connectivity index (χ4n) is 1.65. The molecular formula is C13H19N3O2. The average molecular weight is 249 g/mol. The third-order valence-corrected chi connectivity index (χ3v) is 2.91. The SMILES string of the molecule is Cc1ccc(OCC(=O)NCC2CC2)c(CN)n1. The van der Waals surface area contributed by atoms with Crippen LogP contribution in [-0.2, 0) is 11.3 Å². The van der Waals surface area contributed by atoms with Gasteiger partial charge < -0.3 is 15.8 Å². The topological polar surface area (TPSA) is 77.2 Å². The molecule has 0 aromatic carbocycles. The van der Waals surface area contributed by atoms with E-state index < -0.39 is 0 Å². The molecule has 5 heteroatoms. The van der Waals surface area contributed by atoms with Crippen LogP contribution in [0.15, 0.2) is 12.1 Å². The van der Waals surface area contributed by atoms with Crippen LogP contribution < -0.4 is 15.8 Å². The Morgan fingerprint density at radius 3 is 3.00 bits per heavy atom. The number of aromatic nitrogens is 1. The van der Waals surface area contributed by atoms with Crippen LogP contribution in [0.1, 0.15) is 24.2 Å². The fraction of sp³-hybridized carbons (Fsp3) is 0.538. The lowest BCUT2D eigenvalue weighted by Crippen LogP contribution is -2.30. The highest BCUT2D eigenvalue weighted by Crippen LogP contribution is 2.27. The Kier molecular flexibility index (Phi) is 4.15. The third-order valence-electron chi connectivity index (χ3n) is 2.91. The normalized spacial score (nSPS) is 14.3. The summed E-state index contributed by atoms with van der Waals surface area (Å²) >= 11 is 0. The summed E-state index contributed by atoms with van der Waals surface area (Å²) in [4.78, 5) is 15.8. The molecule has 2 rings (SSSR count). The molecule has 98 valence electrons. The highest BCUT2D eigenvalue weighted by atomic mass is 16.5. The summed E-state index contributed by atoms with van der Waals surface area (Å²) in [6.07, 6.45) is 2.45. The minimum Gasteiger partial charge on any atom is -0.482 e. The average Bonchev–Trinajstić information content (AvgIpc) is 3.18. The zero-order valence-electron chi connectivity index (χ0n) is 10.6. The van der Waals surface area contributed by atoms with E-state index in [1.807, 2.05) is 13.0 Å². The molecule has 0 bridgehead atoms. The molecule has 0 aliphatic heterocycles. The van der Waals surface area contributed by atoms with Crippen molar-refractivity contribution in [3.8, 4) is 5.75 Å². The first-order chi connectivity index (χ1) is 8.69. The number of rotatable bonds is 6. The van der Waals surface area contributed by atoms with E-state index in [1.54, 1.807) is 6.07 Å². The van der Waals surface area contributed by atoms with Gasteiger partial charge in [0.1, 0.15) is 5.75 Å². The quantitative estimate of drug-likeness (QED) is 0.780. The van der Waals surface area contributed by atoms with E-state index in [2.05, 4.69) is 10.3 Å². The first kappa shape index (κ1) is 12.8. The minimum atomic E-state index is -0.0922. The molecule has 1 aliphatic rings. The van der Waals surface area contributed by atoms with E-state index in [1.165, 1.54) is 12.8 Å². The van der Waals surface area contributed by atoms with Crippen molar-refractivity contribution in [2.45, 2.75) is 26.3 Å². The fourth-order valence-corrected chi connectivity index (χ4v) is 1.65. The van der Waals surface area contributed by atoms with Crippen molar-refractivity contribution in [2.24, 2.45) is 11.7 Å². The number of carbonyl (C=O) groups is 1. The van der Waals surface area contributed by atoms with Gasteiger partial charge in [-0.25, -0.2) is 0 Å². The summed E-state index contributed by atoms with van der Waals surface area (Å²) in [5.74, 6) is 1.17. The van der Waals surface area contributed by atoms with Gasteiger partial charge in [0.25, 0.3) is 5.91 Å². The lowest BCUT2D eigenvalue weighted by Gasteiger charge is -2.10. The van der Waals surface area contributed by atoms with E-state index in [-0.39, 0.29) is 12.5 Å². The highest BCUT2D eigenvalue weighted by Gasteiger charge is 2.21. The number of pyridine rings is 1. The number of carbonyl (C=O) groups excluding carboxylic acids is 1. The van der Waals surface area contributed by atoms with Gasteiger partial charge in [-0.05, 0) is 37.8 Å². The number of aryl methyl sites for hydroxylation is 1. The molecule has 18 heavy (non-hydrogen) atoms. The lowest BCUT2D eigenvalue weighted by atomic mass is 10.3. The van der Waals surface area contributed by atoms with E-state index >= 15 is 0 Å². The third kappa shape index (κ3) is 3.70. The molecule has 1 amide bonds. The number of nitrogens with two attached hydrogens (primary N) is 1. The Hall–Kier alpha value is -1.62. The van der Waals surface area contributed by atoms with Crippen molar-refractivity contribution < 1.29 is 9.53 Å². The molecule has 1 aromatic heterocycles. The van der Waals surface area contributed by atoms with Gasteiger partial charge >= 0.3 is 0 Å². The van der Waals surface area contributed by atoms with Gasteiger partial charge in [0, 0.05) is 18.8 Å². The molecule has 1 aromatic rings. The Morgan fingerprint density at radius 2 is 2.33 bits per heavy atom. The molecular weight excluding hydrogens is 230 g/mol. The van der Waals surface area contributed by atoms with Crippen LogP contribution in [-0.4, -0.2) is 24.0 Å². The molecule has 0 spiro atoms. The van der Waals surface area contributed by atoms with Gasteiger partial charge in [-0.15, -0.1) is 0 Å². The smallest absolute Gasteiger partial charge is 0.257 e. The first-order valence-corrected chi connectivity index (χ1v) is 6.25. The second-order valence-electron chi connectivity index (χ2n) is 4.64. The van der Waals surface area contributed by atoms with E-state index in [0.29, 0.717) is 23.9 Å².